The largest absolute Gasteiger partial charge is 0.378 e. The SMILES string of the molecule is C=CS(=O)(=O)NC[C@H]1CCN(S(=O)(=O)c2ccc(CC(=O)N3CCOCC3)cc2)C1. The highest BCUT2D eigenvalue weighted by molar-refractivity contribution is 7.92. The van der Waals surface area contributed by atoms with Crippen LogP contribution in [0.5, 0.6) is 0 Å². The van der Waals surface area contributed by atoms with Crippen LogP contribution in [0.15, 0.2) is 41.1 Å². The van der Waals surface area contributed by atoms with Gasteiger partial charge in [-0.05, 0) is 30.0 Å². The van der Waals surface area contributed by atoms with E-state index in [0.29, 0.717) is 39.3 Å². The molecule has 0 aliphatic carbocycles. The van der Waals surface area contributed by atoms with Gasteiger partial charge in [0.2, 0.25) is 26.0 Å². The molecule has 11 heteroatoms. The molecule has 0 bridgehead atoms. The van der Waals surface area contributed by atoms with Crippen molar-refractivity contribution < 1.29 is 26.4 Å². The van der Waals surface area contributed by atoms with Gasteiger partial charge in [-0.1, -0.05) is 18.7 Å². The van der Waals surface area contributed by atoms with Crippen molar-refractivity contribution >= 4 is 26.0 Å². The number of amides is 1. The summed E-state index contributed by atoms with van der Waals surface area (Å²) in [6.45, 7) is 6.21. The molecule has 0 aromatic heterocycles. The fourth-order valence-corrected chi connectivity index (χ4v) is 5.62. The molecule has 1 aromatic carbocycles. The maximum absolute atomic E-state index is 12.9. The van der Waals surface area contributed by atoms with Crippen LogP contribution >= 0.6 is 0 Å². The summed E-state index contributed by atoms with van der Waals surface area (Å²) in [5, 5.41) is 0.835. The topological polar surface area (TPSA) is 113 Å². The van der Waals surface area contributed by atoms with Gasteiger partial charge in [-0.25, -0.2) is 21.6 Å². The summed E-state index contributed by atoms with van der Waals surface area (Å²) in [7, 11) is -7.20. The fraction of sp³-hybridized carbons (Fsp3) is 0.526. The zero-order valence-corrected chi connectivity index (χ0v) is 18.3. The molecule has 2 heterocycles. The predicted octanol–water partition coefficient (Wildman–Crippen LogP) is 0.161. The van der Waals surface area contributed by atoms with E-state index < -0.39 is 20.0 Å². The smallest absolute Gasteiger partial charge is 0.243 e. The molecular weight excluding hydrogens is 430 g/mol. The van der Waals surface area contributed by atoms with Crippen molar-refractivity contribution in [1.82, 2.24) is 13.9 Å². The number of ether oxygens (including phenoxy) is 1. The minimum atomic E-state index is -3.67. The molecule has 0 unspecified atom stereocenters. The first-order chi connectivity index (χ1) is 14.2. The van der Waals surface area contributed by atoms with Gasteiger partial charge in [0.25, 0.3) is 0 Å². The fourth-order valence-electron chi connectivity index (χ4n) is 3.50. The molecule has 1 amide bonds. The van der Waals surface area contributed by atoms with Gasteiger partial charge in [0.1, 0.15) is 0 Å². The predicted molar refractivity (Wildman–Crippen MR) is 112 cm³/mol. The number of hydrogen-bond donors (Lipinski definition) is 1. The quantitative estimate of drug-likeness (QED) is 0.595. The molecule has 0 saturated carbocycles. The highest BCUT2D eigenvalue weighted by Crippen LogP contribution is 2.24. The lowest BCUT2D eigenvalue weighted by molar-refractivity contribution is -0.134. The summed E-state index contributed by atoms with van der Waals surface area (Å²) in [6, 6.07) is 6.37. The van der Waals surface area contributed by atoms with Gasteiger partial charge in [0, 0.05) is 38.1 Å². The van der Waals surface area contributed by atoms with Crippen LogP contribution in [0.1, 0.15) is 12.0 Å². The molecule has 0 radical (unpaired) electrons. The molecule has 2 aliphatic rings. The molecule has 2 fully saturated rings. The summed E-state index contributed by atoms with van der Waals surface area (Å²) < 4.78 is 57.8. The van der Waals surface area contributed by atoms with Crippen LogP contribution in [0.25, 0.3) is 0 Å². The number of nitrogens with one attached hydrogen (secondary N) is 1. The van der Waals surface area contributed by atoms with E-state index in [-0.39, 0.29) is 36.2 Å². The van der Waals surface area contributed by atoms with Crippen LogP contribution in [0.3, 0.4) is 0 Å². The summed E-state index contributed by atoms with van der Waals surface area (Å²) in [5.41, 5.74) is 0.753. The van der Waals surface area contributed by atoms with Crippen molar-refractivity contribution in [2.45, 2.75) is 17.7 Å². The van der Waals surface area contributed by atoms with Crippen LogP contribution in [-0.4, -0.2) is 77.9 Å². The van der Waals surface area contributed by atoms with Crippen molar-refractivity contribution in [3.05, 3.63) is 41.8 Å². The van der Waals surface area contributed by atoms with Crippen molar-refractivity contribution in [1.29, 1.82) is 0 Å². The summed E-state index contributed by atoms with van der Waals surface area (Å²) in [4.78, 5) is 14.3. The molecule has 9 nitrogen and oxygen atoms in total. The summed E-state index contributed by atoms with van der Waals surface area (Å²) >= 11 is 0. The first kappa shape index (κ1) is 22.9. The molecule has 1 N–H and O–H groups in total. The zero-order chi connectivity index (χ0) is 21.8. The van der Waals surface area contributed by atoms with Crippen molar-refractivity contribution in [3.63, 3.8) is 0 Å². The van der Waals surface area contributed by atoms with E-state index in [2.05, 4.69) is 11.3 Å². The Morgan fingerprint density at radius 3 is 2.43 bits per heavy atom. The van der Waals surface area contributed by atoms with E-state index in [1.165, 1.54) is 16.4 Å². The van der Waals surface area contributed by atoms with Gasteiger partial charge in [0.15, 0.2) is 0 Å². The normalized spacial score (nSPS) is 20.9. The van der Waals surface area contributed by atoms with Gasteiger partial charge in [-0.15, -0.1) is 0 Å². The highest BCUT2D eigenvalue weighted by atomic mass is 32.2. The maximum Gasteiger partial charge on any atom is 0.243 e. The Bertz CT molecular complexity index is 970. The van der Waals surface area contributed by atoms with Crippen LogP contribution in [-0.2, 0) is 36.0 Å². The molecule has 30 heavy (non-hydrogen) atoms. The second kappa shape index (κ2) is 9.56. The molecular formula is C19H27N3O6S2. The third kappa shape index (κ3) is 5.67. The highest BCUT2D eigenvalue weighted by Gasteiger charge is 2.32. The Balaban J connectivity index is 1.58. The third-order valence-electron chi connectivity index (χ3n) is 5.32. The van der Waals surface area contributed by atoms with Gasteiger partial charge in [-0.2, -0.15) is 4.31 Å². The zero-order valence-electron chi connectivity index (χ0n) is 16.7. The standard InChI is InChI=1S/C19H27N3O6S2/c1-2-29(24,25)20-14-17-7-8-22(15-17)30(26,27)18-5-3-16(4-6-18)13-19(23)21-9-11-28-12-10-21/h2-6,17,20H,1,7-15H2/t17-/m1/s1. The Morgan fingerprint density at radius 2 is 1.80 bits per heavy atom. The summed E-state index contributed by atoms with van der Waals surface area (Å²) in [5.74, 6) is -0.0989. The van der Waals surface area contributed by atoms with E-state index in [9.17, 15) is 21.6 Å². The van der Waals surface area contributed by atoms with Crippen LogP contribution in [0, 0.1) is 5.92 Å². The number of morpholine rings is 1. The number of carbonyl (C=O) groups excluding carboxylic acids is 1. The molecule has 0 spiro atoms. The molecule has 2 aliphatic heterocycles. The average molecular weight is 458 g/mol. The van der Waals surface area contributed by atoms with E-state index in [4.69, 9.17) is 4.74 Å². The first-order valence-corrected chi connectivity index (χ1v) is 12.8. The number of rotatable bonds is 8. The molecule has 166 valence electrons. The van der Waals surface area contributed by atoms with Crippen molar-refractivity contribution in [2.24, 2.45) is 5.92 Å². The minimum absolute atomic E-state index is 0.00160. The van der Waals surface area contributed by atoms with Gasteiger partial charge < -0.3 is 9.64 Å². The second-order valence-corrected chi connectivity index (χ2v) is 11.0. The van der Waals surface area contributed by atoms with Gasteiger partial charge in [0.05, 0.1) is 24.5 Å². The van der Waals surface area contributed by atoms with Gasteiger partial charge >= 0.3 is 0 Å². The number of nitrogens with zero attached hydrogens (tertiary/aromatic N) is 2. The van der Waals surface area contributed by atoms with Crippen LogP contribution in [0.2, 0.25) is 0 Å². The number of benzene rings is 1. The lowest BCUT2D eigenvalue weighted by Crippen LogP contribution is -2.41. The number of carbonyl (C=O) groups is 1. The lowest BCUT2D eigenvalue weighted by atomic mass is 10.1. The second-order valence-electron chi connectivity index (χ2n) is 7.39. The molecule has 1 aromatic rings. The van der Waals surface area contributed by atoms with E-state index in [1.54, 1.807) is 17.0 Å². The monoisotopic (exact) mass is 457 g/mol. The van der Waals surface area contributed by atoms with E-state index in [1.807, 2.05) is 0 Å². The van der Waals surface area contributed by atoms with E-state index >= 15 is 0 Å². The maximum atomic E-state index is 12.9. The Morgan fingerprint density at radius 1 is 1.13 bits per heavy atom. The minimum Gasteiger partial charge on any atom is -0.378 e. The molecule has 2 saturated heterocycles. The molecule has 3 rings (SSSR count). The lowest BCUT2D eigenvalue weighted by Gasteiger charge is -2.26. The van der Waals surface area contributed by atoms with Crippen LogP contribution < -0.4 is 4.72 Å². The summed E-state index contributed by atoms with van der Waals surface area (Å²) in [6.07, 6.45) is 0.792. The molecule has 1 atom stereocenters. The Labute approximate surface area is 177 Å². The van der Waals surface area contributed by atoms with Crippen LogP contribution in [0.4, 0.5) is 0 Å². The Hall–Kier alpha value is -1.79. The first-order valence-electron chi connectivity index (χ1n) is 9.78. The van der Waals surface area contributed by atoms with Crippen molar-refractivity contribution in [3.8, 4) is 0 Å². The third-order valence-corrected chi connectivity index (χ3v) is 8.21. The van der Waals surface area contributed by atoms with E-state index in [0.717, 1.165) is 11.0 Å². The van der Waals surface area contributed by atoms with Crippen molar-refractivity contribution in [2.75, 3.05) is 45.9 Å². The number of hydrogen-bond acceptors (Lipinski definition) is 6. The number of sulfonamides is 2. The average Bonchev–Trinajstić information content (AvgIpc) is 3.23. The Kier molecular flexibility index (Phi) is 7.30. The van der Waals surface area contributed by atoms with Gasteiger partial charge in [-0.3, -0.25) is 4.79 Å².